The third-order valence-electron chi connectivity index (χ3n) is 8.37. The second-order valence-corrected chi connectivity index (χ2v) is 12.7. The molecule has 3 aliphatic heterocycles. The van der Waals surface area contributed by atoms with Crippen LogP contribution in [0, 0.1) is 0 Å². The maximum atomic E-state index is 10.4. The number of ether oxygens (including phenoxy) is 1. The molecule has 0 amide bonds. The molecule has 7 heterocycles. The molecule has 0 saturated carbocycles. The lowest BCUT2D eigenvalue weighted by Crippen LogP contribution is -2.45. The molecule has 0 aliphatic carbocycles. The molecule has 4 aromatic heterocycles. The topological polar surface area (TPSA) is 112 Å². The monoisotopic (exact) mass is 558 g/mol. The Morgan fingerprint density at radius 2 is 1.85 bits per heavy atom. The highest BCUT2D eigenvalue weighted by atomic mass is 32.1. The molecule has 208 valence electrons. The van der Waals surface area contributed by atoms with Gasteiger partial charge in [-0.15, -0.1) is 11.3 Å². The van der Waals surface area contributed by atoms with E-state index in [4.69, 9.17) is 19.7 Å². The van der Waals surface area contributed by atoms with E-state index in [1.807, 2.05) is 18.3 Å². The van der Waals surface area contributed by atoms with Gasteiger partial charge >= 0.3 is 0 Å². The first kappa shape index (κ1) is 25.7. The number of hydrogen-bond donors (Lipinski definition) is 2. The molecular formula is C29H34N8O2S. The number of piperazine rings is 1. The largest absolute Gasteiger partial charge is 0.386 e. The van der Waals surface area contributed by atoms with Gasteiger partial charge in [0, 0.05) is 86.2 Å². The number of likely N-dealkylation sites (tertiary alicyclic amines) is 1. The zero-order chi connectivity index (χ0) is 27.4. The summed E-state index contributed by atoms with van der Waals surface area (Å²) in [6.07, 6.45) is 8.44. The van der Waals surface area contributed by atoms with Crippen molar-refractivity contribution in [2.75, 3.05) is 43.6 Å². The number of nitrogens with one attached hydrogen (secondary N) is 1. The second-order valence-electron chi connectivity index (χ2n) is 11.7. The molecule has 0 unspecified atom stereocenters. The van der Waals surface area contributed by atoms with E-state index in [-0.39, 0.29) is 0 Å². The molecule has 4 aromatic rings. The van der Waals surface area contributed by atoms with Crippen molar-refractivity contribution in [3.05, 3.63) is 48.0 Å². The van der Waals surface area contributed by atoms with E-state index in [9.17, 15) is 5.11 Å². The highest BCUT2D eigenvalue weighted by molar-refractivity contribution is 7.21. The summed E-state index contributed by atoms with van der Waals surface area (Å²) in [4.78, 5) is 28.8. The van der Waals surface area contributed by atoms with Gasteiger partial charge in [0.2, 0.25) is 5.95 Å². The molecule has 0 spiro atoms. The Kier molecular flexibility index (Phi) is 6.42. The van der Waals surface area contributed by atoms with Crippen LogP contribution in [0.2, 0.25) is 0 Å². The fourth-order valence-corrected chi connectivity index (χ4v) is 6.90. The molecule has 3 fully saturated rings. The zero-order valence-corrected chi connectivity index (χ0v) is 23.9. The number of aliphatic hydroxyl groups is 1. The molecule has 7 rings (SSSR count). The Hall–Kier alpha value is -3.25. The molecule has 0 aromatic carbocycles. The van der Waals surface area contributed by atoms with Gasteiger partial charge in [0.1, 0.15) is 16.6 Å². The maximum Gasteiger partial charge on any atom is 0.227 e. The quantitative estimate of drug-likeness (QED) is 0.355. The van der Waals surface area contributed by atoms with Crippen LogP contribution in [0.1, 0.15) is 50.3 Å². The minimum atomic E-state index is -0.969. The number of anilines is 3. The van der Waals surface area contributed by atoms with Crippen molar-refractivity contribution in [3.63, 3.8) is 0 Å². The van der Waals surface area contributed by atoms with Crippen molar-refractivity contribution in [1.29, 1.82) is 0 Å². The minimum Gasteiger partial charge on any atom is -0.386 e. The zero-order valence-electron chi connectivity index (χ0n) is 23.0. The number of nitrogens with zero attached hydrogens (tertiary/aromatic N) is 7. The van der Waals surface area contributed by atoms with Crippen LogP contribution in [-0.4, -0.2) is 80.4 Å². The number of likely N-dealkylation sites (N-methyl/N-ethyl adjacent to an activating group) is 1. The lowest BCUT2D eigenvalue weighted by molar-refractivity contribution is 0.0783. The lowest BCUT2D eigenvalue weighted by atomic mass is 9.96. The first-order valence-electron chi connectivity index (χ1n) is 14.0. The Bertz CT molecular complexity index is 1540. The standard InChI is InChI=1S/C29H34N8O2S/c1-29(2,38)19-8-18(12-30-13-19)27-32-23-11-25(31-14-24(23)40-27)34-26-10-22(17-4-6-39-7-5-17)33-28(35-26)37-16-20-9-21(37)15-36(20)3/h8,10-14,17,20-21,38H,4-7,9,15-16H2,1-3H3,(H,31,33,34,35)/t20-,21-/m0/s1. The predicted octanol–water partition coefficient (Wildman–Crippen LogP) is 4.30. The third kappa shape index (κ3) is 4.91. The van der Waals surface area contributed by atoms with Crippen LogP contribution in [0.4, 0.5) is 17.6 Å². The van der Waals surface area contributed by atoms with E-state index < -0.39 is 5.60 Å². The van der Waals surface area contributed by atoms with E-state index in [1.54, 1.807) is 37.6 Å². The van der Waals surface area contributed by atoms with Crippen LogP contribution in [0.25, 0.3) is 20.8 Å². The Balaban J connectivity index is 1.19. The van der Waals surface area contributed by atoms with E-state index in [0.717, 1.165) is 83.0 Å². The SMILES string of the molecule is CN1C[C@@H]2C[C@H]1CN2c1nc(Nc2cc3nc(-c4cncc(C(C)(C)O)c4)sc3cn2)cc(C2CCOCC2)n1. The van der Waals surface area contributed by atoms with E-state index in [2.05, 4.69) is 38.2 Å². The highest BCUT2D eigenvalue weighted by Crippen LogP contribution is 2.36. The van der Waals surface area contributed by atoms with Crippen molar-refractivity contribution < 1.29 is 9.84 Å². The summed E-state index contributed by atoms with van der Waals surface area (Å²) < 4.78 is 6.60. The van der Waals surface area contributed by atoms with Gasteiger partial charge in [-0.1, -0.05) is 0 Å². The molecule has 0 radical (unpaired) electrons. The molecular weight excluding hydrogens is 524 g/mol. The molecule has 2 atom stereocenters. The summed E-state index contributed by atoms with van der Waals surface area (Å²) in [6, 6.07) is 7.01. The van der Waals surface area contributed by atoms with Gasteiger partial charge in [-0.25, -0.2) is 15.0 Å². The maximum absolute atomic E-state index is 10.4. The van der Waals surface area contributed by atoms with Crippen LogP contribution in [0.5, 0.6) is 0 Å². The summed E-state index contributed by atoms with van der Waals surface area (Å²) in [6.45, 7) is 7.07. The lowest BCUT2D eigenvalue weighted by Gasteiger charge is -2.32. The normalized spacial score (nSPS) is 21.9. The van der Waals surface area contributed by atoms with Crippen LogP contribution < -0.4 is 10.2 Å². The van der Waals surface area contributed by atoms with Crippen LogP contribution in [0.15, 0.2) is 36.8 Å². The number of aromatic nitrogens is 5. The summed E-state index contributed by atoms with van der Waals surface area (Å²) in [5.74, 6) is 2.62. The van der Waals surface area contributed by atoms with Gasteiger partial charge in [0.15, 0.2) is 0 Å². The molecule has 2 N–H and O–H groups in total. The molecule has 3 aliphatic rings. The van der Waals surface area contributed by atoms with Crippen LogP contribution >= 0.6 is 11.3 Å². The summed E-state index contributed by atoms with van der Waals surface area (Å²) in [7, 11) is 2.21. The fraction of sp³-hybridized carbons (Fsp3) is 0.483. The second kappa shape index (κ2) is 9.99. The Morgan fingerprint density at radius 3 is 2.60 bits per heavy atom. The van der Waals surface area contributed by atoms with Gasteiger partial charge < -0.3 is 20.1 Å². The van der Waals surface area contributed by atoms with E-state index in [0.29, 0.717) is 23.8 Å². The van der Waals surface area contributed by atoms with E-state index >= 15 is 0 Å². The molecule has 2 bridgehead atoms. The molecule has 10 nitrogen and oxygen atoms in total. The fourth-order valence-electron chi connectivity index (χ4n) is 6.01. The number of hydrogen-bond acceptors (Lipinski definition) is 11. The van der Waals surface area contributed by atoms with Gasteiger partial charge in [-0.2, -0.15) is 4.98 Å². The number of thiazole rings is 1. The van der Waals surface area contributed by atoms with Crippen molar-refractivity contribution in [3.8, 4) is 10.6 Å². The number of pyridine rings is 2. The predicted molar refractivity (Wildman–Crippen MR) is 156 cm³/mol. The average molecular weight is 559 g/mol. The van der Waals surface area contributed by atoms with Crippen LogP contribution in [-0.2, 0) is 10.3 Å². The number of fused-ring (bicyclic) bond motifs is 3. The van der Waals surface area contributed by atoms with Crippen molar-refractivity contribution >= 4 is 39.1 Å². The third-order valence-corrected chi connectivity index (χ3v) is 9.42. The summed E-state index contributed by atoms with van der Waals surface area (Å²) >= 11 is 1.56. The average Bonchev–Trinajstić information content (AvgIpc) is 3.67. The van der Waals surface area contributed by atoms with Gasteiger partial charge in [0.05, 0.1) is 21.5 Å². The first-order chi connectivity index (χ1) is 19.3. The van der Waals surface area contributed by atoms with Gasteiger partial charge in [0.25, 0.3) is 0 Å². The minimum absolute atomic E-state index is 0.364. The molecule has 11 heteroatoms. The highest BCUT2D eigenvalue weighted by Gasteiger charge is 2.42. The number of rotatable bonds is 6. The first-order valence-corrected chi connectivity index (χ1v) is 14.8. The smallest absolute Gasteiger partial charge is 0.227 e. The summed E-state index contributed by atoms with van der Waals surface area (Å²) in [5.41, 5.74) is 2.58. The van der Waals surface area contributed by atoms with Gasteiger partial charge in [-0.3, -0.25) is 9.88 Å². The Morgan fingerprint density at radius 1 is 1.00 bits per heavy atom. The molecule has 40 heavy (non-hydrogen) atoms. The van der Waals surface area contributed by atoms with Gasteiger partial charge in [-0.05, 0) is 46.2 Å². The Labute approximate surface area is 237 Å². The van der Waals surface area contributed by atoms with E-state index in [1.165, 1.54) is 6.42 Å². The van der Waals surface area contributed by atoms with Crippen molar-refractivity contribution in [2.24, 2.45) is 0 Å². The summed E-state index contributed by atoms with van der Waals surface area (Å²) in [5, 5.41) is 14.7. The molecule has 3 saturated heterocycles. The van der Waals surface area contributed by atoms with Crippen molar-refractivity contribution in [2.45, 2.75) is 56.7 Å². The van der Waals surface area contributed by atoms with Crippen molar-refractivity contribution in [1.82, 2.24) is 29.8 Å². The van der Waals surface area contributed by atoms with Crippen LogP contribution in [0.3, 0.4) is 0 Å².